The first-order valence-corrected chi connectivity index (χ1v) is 5.13. The molecule has 2 aromatic rings. The van der Waals surface area contributed by atoms with Gasteiger partial charge in [0.15, 0.2) is 0 Å². The molecule has 2 rings (SSSR count). The lowest BCUT2D eigenvalue weighted by molar-refractivity contribution is -0.384. The largest absolute Gasteiger partial charge is 0.382 e. The molecule has 0 unspecified atom stereocenters. The van der Waals surface area contributed by atoms with Gasteiger partial charge in [-0.1, -0.05) is 11.6 Å². The highest BCUT2D eigenvalue weighted by Crippen LogP contribution is 2.26. The van der Waals surface area contributed by atoms with E-state index in [1.807, 2.05) is 6.92 Å². The monoisotopic (exact) mass is 252 g/mol. The van der Waals surface area contributed by atoms with Crippen molar-refractivity contribution in [3.05, 3.63) is 45.1 Å². The number of hydrogen-bond acceptors (Lipinski definition) is 4. The van der Waals surface area contributed by atoms with Crippen LogP contribution >= 0.6 is 11.6 Å². The Morgan fingerprint density at radius 3 is 2.71 bits per heavy atom. The van der Waals surface area contributed by atoms with Gasteiger partial charge >= 0.3 is 0 Å². The smallest absolute Gasteiger partial charge is 0.271 e. The highest BCUT2D eigenvalue weighted by Gasteiger charge is 2.12. The molecule has 0 radical (unpaired) electrons. The minimum absolute atomic E-state index is 0.0596. The molecule has 0 aliphatic carbocycles. The molecule has 0 fully saturated rings. The van der Waals surface area contributed by atoms with Crippen LogP contribution < -0.4 is 5.73 Å². The number of nitrogen functional groups attached to an aromatic ring is 1. The summed E-state index contributed by atoms with van der Waals surface area (Å²) in [6, 6.07) is 4.19. The average Bonchev–Trinajstić information content (AvgIpc) is 2.58. The van der Waals surface area contributed by atoms with Crippen LogP contribution in [0.15, 0.2) is 24.4 Å². The van der Waals surface area contributed by atoms with E-state index in [2.05, 4.69) is 5.10 Å². The van der Waals surface area contributed by atoms with Crippen molar-refractivity contribution in [1.29, 1.82) is 0 Å². The number of rotatable bonds is 2. The molecule has 0 saturated carbocycles. The second-order valence-corrected chi connectivity index (χ2v) is 3.94. The van der Waals surface area contributed by atoms with E-state index in [-0.39, 0.29) is 10.7 Å². The summed E-state index contributed by atoms with van der Waals surface area (Å²) in [6.45, 7) is 1.82. The molecule has 0 bridgehead atoms. The predicted molar refractivity (Wildman–Crippen MR) is 64.4 cm³/mol. The summed E-state index contributed by atoms with van der Waals surface area (Å²) in [5.74, 6) is 0.402. The van der Waals surface area contributed by atoms with Gasteiger partial charge in [0.05, 0.1) is 15.6 Å². The van der Waals surface area contributed by atoms with Gasteiger partial charge in [-0.15, -0.1) is 0 Å². The quantitative estimate of drug-likeness (QED) is 0.656. The zero-order valence-corrected chi connectivity index (χ0v) is 9.68. The van der Waals surface area contributed by atoms with E-state index in [0.29, 0.717) is 11.5 Å². The molecule has 6 nitrogen and oxygen atoms in total. The normalized spacial score (nSPS) is 10.5. The van der Waals surface area contributed by atoms with Crippen molar-refractivity contribution in [3.63, 3.8) is 0 Å². The summed E-state index contributed by atoms with van der Waals surface area (Å²) in [5, 5.41) is 14.9. The number of nitro benzene ring substituents is 1. The first-order chi connectivity index (χ1) is 7.99. The number of benzene rings is 1. The van der Waals surface area contributed by atoms with Crippen molar-refractivity contribution in [2.45, 2.75) is 6.92 Å². The van der Waals surface area contributed by atoms with Gasteiger partial charge in [0.1, 0.15) is 5.82 Å². The number of non-ortho nitro benzene ring substituents is 1. The van der Waals surface area contributed by atoms with Gasteiger partial charge in [0.2, 0.25) is 0 Å². The van der Waals surface area contributed by atoms with Gasteiger partial charge in [-0.2, -0.15) is 5.10 Å². The predicted octanol–water partition coefficient (Wildman–Crippen LogP) is 2.32. The van der Waals surface area contributed by atoms with Crippen molar-refractivity contribution in [2.24, 2.45) is 0 Å². The summed E-state index contributed by atoms with van der Waals surface area (Å²) in [6.07, 6.45) is 1.71. The van der Waals surface area contributed by atoms with Crippen LogP contribution in [0.5, 0.6) is 0 Å². The molecule has 0 amide bonds. The van der Waals surface area contributed by atoms with Gasteiger partial charge < -0.3 is 5.73 Å². The summed E-state index contributed by atoms with van der Waals surface area (Å²) in [4.78, 5) is 10.1. The van der Waals surface area contributed by atoms with Gasteiger partial charge in [-0.05, 0) is 13.0 Å². The van der Waals surface area contributed by atoms with Crippen molar-refractivity contribution >= 4 is 23.1 Å². The Hall–Kier alpha value is -2.08. The van der Waals surface area contributed by atoms with Gasteiger partial charge in [0.25, 0.3) is 5.69 Å². The Morgan fingerprint density at radius 2 is 2.24 bits per heavy atom. The third kappa shape index (κ3) is 2.07. The van der Waals surface area contributed by atoms with Crippen LogP contribution in [0.2, 0.25) is 5.02 Å². The summed E-state index contributed by atoms with van der Waals surface area (Å²) in [7, 11) is 0. The Morgan fingerprint density at radius 1 is 1.53 bits per heavy atom. The van der Waals surface area contributed by atoms with Gasteiger partial charge in [-0.3, -0.25) is 10.1 Å². The van der Waals surface area contributed by atoms with E-state index in [1.54, 1.807) is 6.20 Å². The van der Waals surface area contributed by atoms with Crippen molar-refractivity contribution in [1.82, 2.24) is 9.78 Å². The number of anilines is 1. The van der Waals surface area contributed by atoms with E-state index >= 15 is 0 Å². The molecule has 0 spiro atoms. The van der Waals surface area contributed by atoms with Crippen LogP contribution in [0.3, 0.4) is 0 Å². The molecule has 0 atom stereocenters. The molecular weight excluding hydrogens is 244 g/mol. The van der Waals surface area contributed by atoms with Crippen LogP contribution in [0.25, 0.3) is 5.69 Å². The lowest BCUT2D eigenvalue weighted by atomic mass is 10.3. The average molecular weight is 253 g/mol. The highest BCUT2D eigenvalue weighted by atomic mass is 35.5. The molecule has 0 aliphatic rings. The maximum absolute atomic E-state index is 10.6. The number of halogens is 1. The lowest BCUT2D eigenvalue weighted by Gasteiger charge is -2.03. The Kier molecular flexibility index (Phi) is 2.72. The second kappa shape index (κ2) is 4.06. The van der Waals surface area contributed by atoms with Crippen LogP contribution in [0.1, 0.15) is 5.56 Å². The maximum Gasteiger partial charge on any atom is 0.271 e. The van der Waals surface area contributed by atoms with E-state index in [9.17, 15) is 10.1 Å². The number of nitro groups is 1. The van der Waals surface area contributed by atoms with E-state index in [1.165, 1.54) is 22.9 Å². The first kappa shape index (κ1) is 11.4. The minimum atomic E-state index is -0.502. The third-order valence-electron chi connectivity index (χ3n) is 2.32. The molecule has 0 saturated heterocycles. The Balaban J connectivity index is 2.50. The maximum atomic E-state index is 10.6. The highest BCUT2D eigenvalue weighted by molar-refractivity contribution is 6.32. The fraction of sp³-hybridized carbons (Fsp3) is 0.100. The van der Waals surface area contributed by atoms with Crippen molar-refractivity contribution in [3.8, 4) is 5.69 Å². The number of aryl methyl sites for hydroxylation is 1. The number of aromatic nitrogens is 2. The Labute approximate surface area is 102 Å². The first-order valence-electron chi connectivity index (χ1n) is 4.75. The van der Waals surface area contributed by atoms with Crippen molar-refractivity contribution in [2.75, 3.05) is 5.73 Å². The standard InChI is InChI=1S/C10H9ClN4O2/c1-6-5-14(13-10(6)12)9-3-2-7(15(16)17)4-8(9)11/h2-5H,1H3,(H2,12,13). The van der Waals surface area contributed by atoms with Gasteiger partial charge in [-0.25, -0.2) is 4.68 Å². The van der Waals surface area contributed by atoms with Crippen LogP contribution in [0.4, 0.5) is 11.5 Å². The van der Waals surface area contributed by atoms with Crippen LogP contribution in [-0.4, -0.2) is 14.7 Å². The fourth-order valence-corrected chi connectivity index (χ4v) is 1.65. The van der Waals surface area contributed by atoms with E-state index in [4.69, 9.17) is 17.3 Å². The molecule has 1 aromatic carbocycles. The molecule has 0 aliphatic heterocycles. The van der Waals surface area contributed by atoms with Gasteiger partial charge in [0, 0.05) is 23.9 Å². The lowest BCUT2D eigenvalue weighted by Crippen LogP contribution is -1.98. The zero-order valence-electron chi connectivity index (χ0n) is 8.92. The number of hydrogen-bond donors (Lipinski definition) is 1. The zero-order chi connectivity index (χ0) is 12.6. The van der Waals surface area contributed by atoms with E-state index in [0.717, 1.165) is 5.56 Å². The van der Waals surface area contributed by atoms with Crippen molar-refractivity contribution < 1.29 is 4.92 Å². The molecule has 1 aromatic heterocycles. The molecule has 1 heterocycles. The topological polar surface area (TPSA) is 87.0 Å². The molecule has 7 heteroatoms. The molecular formula is C10H9ClN4O2. The van der Waals surface area contributed by atoms with E-state index < -0.39 is 4.92 Å². The van der Waals surface area contributed by atoms with Crippen LogP contribution in [0, 0.1) is 17.0 Å². The fourth-order valence-electron chi connectivity index (χ4n) is 1.39. The SMILES string of the molecule is Cc1cn(-c2ccc([N+](=O)[O-])cc2Cl)nc1N. The minimum Gasteiger partial charge on any atom is -0.382 e. The molecule has 88 valence electrons. The summed E-state index contributed by atoms with van der Waals surface area (Å²) >= 11 is 5.96. The molecule has 2 N–H and O–H groups in total. The second-order valence-electron chi connectivity index (χ2n) is 3.53. The number of nitrogens with two attached hydrogens (primary N) is 1. The summed E-state index contributed by atoms with van der Waals surface area (Å²) in [5.41, 5.74) is 6.94. The van der Waals surface area contributed by atoms with Crippen LogP contribution in [-0.2, 0) is 0 Å². The molecule has 17 heavy (non-hydrogen) atoms. The Bertz CT molecular complexity index is 574. The summed E-state index contributed by atoms with van der Waals surface area (Å²) < 4.78 is 1.50. The number of nitrogens with zero attached hydrogens (tertiary/aromatic N) is 3. The third-order valence-corrected chi connectivity index (χ3v) is 2.63.